The minimum Gasteiger partial charge on any atom is -0.479 e. The molecule has 4 heteroatoms. The largest absolute Gasteiger partial charge is 0.479 e. The van der Waals surface area contributed by atoms with Crippen molar-refractivity contribution in [3.63, 3.8) is 0 Å². The van der Waals surface area contributed by atoms with Gasteiger partial charge in [0.25, 0.3) is 5.91 Å². The van der Waals surface area contributed by atoms with Crippen molar-refractivity contribution in [2.45, 2.75) is 31.9 Å². The van der Waals surface area contributed by atoms with E-state index in [-0.39, 0.29) is 5.91 Å². The fourth-order valence-corrected chi connectivity index (χ4v) is 1.92. The average Bonchev–Trinajstić information content (AvgIpc) is 3.22. The number of nitrogens with one attached hydrogen (secondary N) is 1. The number of pyridine rings is 1. The fourth-order valence-electron chi connectivity index (χ4n) is 1.92. The predicted octanol–water partition coefficient (Wildman–Crippen LogP) is 2.28. The van der Waals surface area contributed by atoms with Gasteiger partial charge < -0.3 is 10.1 Å². The third-order valence-electron chi connectivity index (χ3n) is 3.17. The Morgan fingerprint density at radius 3 is 3.00 bits per heavy atom. The van der Waals surface area contributed by atoms with Crippen molar-refractivity contribution in [2.75, 3.05) is 0 Å². The van der Waals surface area contributed by atoms with E-state index in [0.29, 0.717) is 11.8 Å². The summed E-state index contributed by atoms with van der Waals surface area (Å²) in [6.45, 7) is 1.76. The molecule has 1 aliphatic carbocycles. The molecular weight excluding hydrogens is 240 g/mol. The van der Waals surface area contributed by atoms with Crippen LogP contribution in [0, 0.1) is 0 Å². The maximum absolute atomic E-state index is 11.8. The van der Waals surface area contributed by atoms with E-state index in [1.165, 1.54) is 0 Å². The van der Waals surface area contributed by atoms with Gasteiger partial charge in [-0.3, -0.25) is 9.78 Å². The van der Waals surface area contributed by atoms with Gasteiger partial charge in [0.05, 0.1) is 11.7 Å². The van der Waals surface area contributed by atoms with Gasteiger partial charge in [0, 0.05) is 11.4 Å². The Balaban J connectivity index is 1.71. The van der Waals surface area contributed by atoms with Crippen LogP contribution in [0.4, 0.5) is 0 Å². The predicted molar refractivity (Wildman–Crippen MR) is 73.0 cm³/mol. The number of para-hydroxylation sites is 1. The van der Waals surface area contributed by atoms with E-state index in [1.807, 2.05) is 30.3 Å². The molecule has 1 N–H and O–H groups in total. The van der Waals surface area contributed by atoms with Gasteiger partial charge in [-0.15, -0.1) is 0 Å². The number of hydrogen-bond donors (Lipinski definition) is 1. The van der Waals surface area contributed by atoms with Crippen LogP contribution in [0.25, 0.3) is 10.9 Å². The van der Waals surface area contributed by atoms with Crippen molar-refractivity contribution >= 4 is 16.8 Å². The minimum absolute atomic E-state index is 0.0596. The molecular formula is C15H16N2O2. The molecule has 0 bridgehead atoms. The molecule has 1 saturated carbocycles. The molecule has 4 nitrogen and oxygen atoms in total. The SMILES string of the molecule is CC(Oc1cnc2ccccc2c1)C(=O)NC1CC1. The first-order valence-electron chi connectivity index (χ1n) is 6.54. The molecule has 2 aromatic rings. The Labute approximate surface area is 111 Å². The van der Waals surface area contributed by atoms with Crippen LogP contribution in [0.3, 0.4) is 0 Å². The maximum Gasteiger partial charge on any atom is 0.260 e. The monoisotopic (exact) mass is 256 g/mol. The number of carbonyl (C=O) groups excluding carboxylic acids is 1. The second-order valence-electron chi connectivity index (χ2n) is 4.91. The van der Waals surface area contributed by atoms with Crippen LogP contribution in [-0.4, -0.2) is 23.0 Å². The summed E-state index contributed by atoms with van der Waals surface area (Å²) in [4.78, 5) is 16.1. The molecule has 1 aromatic heterocycles. The Bertz CT molecular complexity index is 608. The molecule has 1 fully saturated rings. The van der Waals surface area contributed by atoms with Crippen LogP contribution in [0.5, 0.6) is 5.75 Å². The van der Waals surface area contributed by atoms with Gasteiger partial charge in [-0.25, -0.2) is 0 Å². The lowest BCUT2D eigenvalue weighted by atomic mass is 10.2. The highest BCUT2D eigenvalue weighted by molar-refractivity contribution is 5.82. The molecule has 0 spiro atoms. The van der Waals surface area contributed by atoms with E-state index in [0.717, 1.165) is 23.7 Å². The highest BCUT2D eigenvalue weighted by atomic mass is 16.5. The lowest BCUT2D eigenvalue weighted by Gasteiger charge is -2.14. The molecule has 1 amide bonds. The van der Waals surface area contributed by atoms with E-state index < -0.39 is 6.10 Å². The zero-order chi connectivity index (χ0) is 13.2. The van der Waals surface area contributed by atoms with Gasteiger partial charge in [0.15, 0.2) is 6.10 Å². The molecule has 1 atom stereocenters. The van der Waals surface area contributed by atoms with E-state index in [9.17, 15) is 4.79 Å². The van der Waals surface area contributed by atoms with Crippen LogP contribution >= 0.6 is 0 Å². The molecule has 1 aliphatic rings. The first kappa shape index (κ1) is 12.0. The Morgan fingerprint density at radius 2 is 2.21 bits per heavy atom. The molecule has 0 saturated heterocycles. The van der Waals surface area contributed by atoms with Gasteiger partial charge in [0.1, 0.15) is 5.75 Å². The lowest BCUT2D eigenvalue weighted by molar-refractivity contribution is -0.127. The maximum atomic E-state index is 11.8. The number of rotatable bonds is 4. The average molecular weight is 256 g/mol. The zero-order valence-electron chi connectivity index (χ0n) is 10.8. The van der Waals surface area contributed by atoms with Crippen molar-refractivity contribution in [3.05, 3.63) is 36.5 Å². The summed E-state index contributed by atoms with van der Waals surface area (Å²) in [5.74, 6) is 0.563. The molecule has 0 aliphatic heterocycles. The van der Waals surface area contributed by atoms with E-state index in [1.54, 1.807) is 13.1 Å². The van der Waals surface area contributed by atoms with Gasteiger partial charge >= 0.3 is 0 Å². The summed E-state index contributed by atoms with van der Waals surface area (Å²) in [6.07, 6.45) is 3.32. The van der Waals surface area contributed by atoms with Gasteiger partial charge in [-0.05, 0) is 31.9 Å². The van der Waals surface area contributed by atoms with E-state index >= 15 is 0 Å². The summed E-state index contributed by atoms with van der Waals surface area (Å²) >= 11 is 0. The number of aromatic nitrogens is 1. The first-order chi connectivity index (χ1) is 9.22. The number of nitrogens with zero attached hydrogens (tertiary/aromatic N) is 1. The fraction of sp³-hybridized carbons (Fsp3) is 0.333. The van der Waals surface area contributed by atoms with Gasteiger partial charge in [-0.2, -0.15) is 0 Å². The number of fused-ring (bicyclic) bond motifs is 1. The van der Waals surface area contributed by atoms with Gasteiger partial charge in [0.2, 0.25) is 0 Å². The zero-order valence-corrected chi connectivity index (χ0v) is 10.8. The Hall–Kier alpha value is -2.10. The van der Waals surface area contributed by atoms with Crippen LogP contribution in [0.1, 0.15) is 19.8 Å². The quantitative estimate of drug-likeness (QED) is 0.913. The third kappa shape index (κ3) is 2.84. The van der Waals surface area contributed by atoms with Crippen molar-refractivity contribution in [1.82, 2.24) is 10.3 Å². The van der Waals surface area contributed by atoms with Crippen LogP contribution in [0.2, 0.25) is 0 Å². The van der Waals surface area contributed by atoms with Crippen molar-refractivity contribution in [3.8, 4) is 5.75 Å². The molecule has 0 radical (unpaired) electrons. The summed E-state index contributed by atoms with van der Waals surface area (Å²) in [7, 11) is 0. The number of carbonyl (C=O) groups is 1. The second-order valence-corrected chi connectivity index (χ2v) is 4.91. The standard InChI is InChI=1S/C15H16N2O2/c1-10(15(18)17-12-6-7-12)19-13-8-11-4-2-3-5-14(11)16-9-13/h2-5,8-10,12H,6-7H2,1H3,(H,17,18). The lowest BCUT2D eigenvalue weighted by Crippen LogP contribution is -2.37. The van der Waals surface area contributed by atoms with Crippen molar-refractivity contribution in [2.24, 2.45) is 0 Å². The summed E-state index contributed by atoms with van der Waals surface area (Å²) in [6, 6.07) is 10.1. The second kappa shape index (κ2) is 4.88. The normalized spacial score (nSPS) is 16.1. The Kier molecular flexibility index (Phi) is 3.07. The smallest absolute Gasteiger partial charge is 0.260 e. The van der Waals surface area contributed by atoms with Gasteiger partial charge in [-0.1, -0.05) is 18.2 Å². The Morgan fingerprint density at radius 1 is 1.42 bits per heavy atom. The summed E-state index contributed by atoms with van der Waals surface area (Å²) in [5.41, 5.74) is 0.921. The molecule has 1 unspecified atom stereocenters. The topological polar surface area (TPSA) is 51.2 Å². The minimum atomic E-state index is -0.497. The summed E-state index contributed by atoms with van der Waals surface area (Å²) in [5, 5.41) is 3.94. The van der Waals surface area contributed by atoms with Crippen LogP contribution in [0.15, 0.2) is 36.5 Å². The van der Waals surface area contributed by atoms with Crippen LogP contribution in [-0.2, 0) is 4.79 Å². The third-order valence-corrected chi connectivity index (χ3v) is 3.17. The van der Waals surface area contributed by atoms with Crippen LogP contribution < -0.4 is 10.1 Å². The molecule has 3 rings (SSSR count). The number of hydrogen-bond acceptors (Lipinski definition) is 3. The highest BCUT2D eigenvalue weighted by Crippen LogP contribution is 2.21. The van der Waals surface area contributed by atoms with Crippen molar-refractivity contribution in [1.29, 1.82) is 0 Å². The number of amides is 1. The number of benzene rings is 1. The van der Waals surface area contributed by atoms with Crippen molar-refractivity contribution < 1.29 is 9.53 Å². The molecule has 98 valence electrons. The first-order valence-corrected chi connectivity index (χ1v) is 6.54. The molecule has 1 aromatic carbocycles. The summed E-state index contributed by atoms with van der Waals surface area (Å²) < 4.78 is 5.64. The highest BCUT2D eigenvalue weighted by Gasteiger charge is 2.26. The van der Waals surface area contributed by atoms with E-state index in [4.69, 9.17) is 4.74 Å². The van der Waals surface area contributed by atoms with E-state index in [2.05, 4.69) is 10.3 Å². The number of ether oxygens (including phenoxy) is 1. The molecule has 1 heterocycles. The molecule has 19 heavy (non-hydrogen) atoms.